The van der Waals surface area contributed by atoms with E-state index in [0.717, 1.165) is 49.9 Å². The van der Waals surface area contributed by atoms with Crippen molar-refractivity contribution in [3.63, 3.8) is 0 Å². The number of carbonyl (C=O) groups excluding carboxylic acids is 2. The van der Waals surface area contributed by atoms with Crippen LogP contribution in [0.1, 0.15) is 61.9 Å². The molecule has 26 heavy (non-hydrogen) atoms. The molecule has 3 aliphatic rings. The number of aryl methyl sites for hydroxylation is 2. The van der Waals surface area contributed by atoms with Crippen LogP contribution in [0.5, 0.6) is 0 Å². The number of fused-ring (bicyclic) bond motifs is 1. The van der Waals surface area contributed by atoms with Crippen LogP contribution in [0.2, 0.25) is 0 Å². The summed E-state index contributed by atoms with van der Waals surface area (Å²) in [5.41, 5.74) is 3.30. The van der Waals surface area contributed by atoms with E-state index >= 15 is 0 Å². The minimum atomic E-state index is 0.0452. The van der Waals surface area contributed by atoms with E-state index < -0.39 is 0 Å². The first-order chi connectivity index (χ1) is 12.6. The average Bonchev–Trinajstić information content (AvgIpc) is 3.18. The van der Waals surface area contributed by atoms with Crippen molar-refractivity contribution in [1.29, 1.82) is 0 Å². The number of aromatic nitrogens is 2. The zero-order valence-corrected chi connectivity index (χ0v) is 15.6. The lowest BCUT2D eigenvalue weighted by molar-refractivity contribution is -0.121. The van der Waals surface area contributed by atoms with Gasteiger partial charge in [0.05, 0.1) is 12.2 Å². The summed E-state index contributed by atoms with van der Waals surface area (Å²) >= 11 is 0. The van der Waals surface area contributed by atoms with Crippen LogP contribution in [-0.2, 0) is 31.2 Å². The highest BCUT2D eigenvalue weighted by Gasteiger charge is 2.29. The summed E-state index contributed by atoms with van der Waals surface area (Å²) < 4.78 is 1.93. The number of nitrogens with zero attached hydrogens (tertiary/aromatic N) is 3. The monoisotopic (exact) mass is 359 g/mol. The van der Waals surface area contributed by atoms with E-state index in [4.69, 9.17) is 0 Å². The highest BCUT2D eigenvalue weighted by Crippen LogP contribution is 2.24. The van der Waals surface area contributed by atoms with Crippen molar-refractivity contribution >= 4 is 11.9 Å². The molecule has 4 rings (SSSR count). The highest BCUT2D eigenvalue weighted by molar-refractivity contribution is 5.77. The van der Waals surface area contributed by atoms with E-state index in [9.17, 15) is 9.59 Å². The zero-order chi connectivity index (χ0) is 18.1. The summed E-state index contributed by atoms with van der Waals surface area (Å²) in [6.07, 6.45) is 8.76. The molecule has 1 aromatic heterocycles. The van der Waals surface area contributed by atoms with Crippen molar-refractivity contribution in [3.8, 4) is 0 Å². The Morgan fingerprint density at radius 3 is 2.58 bits per heavy atom. The van der Waals surface area contributed by atoms with Gasteiger partial charge in [0, 0.05) is 56.2 Å². The molecule has 1 aliphatic heterocycles. The molecular weight excluding hydrogens is 330 g/mol. The molecule has 142 valence electrons. The lowest BCUT2D eigenvalue weighted by Crippen LogP contribution is -2.46. The number of hydrogen-bond donors (Lipinski definition) is 2. The Kier molecular flexibility index (Phi) is 4.87. The second kappa shape index (κ2) is 7.29. The molecule has 0 unspecified atom stereocenters. The fourth-order valence-electron chi connectivity index (χ4n) is 4.14. The molecule has 0 saturated heterocycles. The Bertz CT molecular complexity index is 688. The Hall–Kier alpha value is -2.05. The van der Waals surface area contributed by atoms with Crippen LogP contribution in [0.15, 0.2) is 0 Å². The van der Waals surface area contributed by atoms with Gasteiger partial charge in [0.1, 0.15) is 0 Å². The minimum absolute atomic E-state index is 0.0452. The number of rotatable bonds is 5. The average molecular weight is 359 g/mol. The Balaban J connectivity index is 1.38. The zero-order valence-electron chi connectivity index (χ0n) is 15.6. The molecule has 0 aromatic carbocycles. The van der Waals surface area contributed by atoms with Crippen molar-refractivity contribution in [1.82, 2.24) is 25.3 Å². The molecule has 2 fully saturated rings. The van der Waals surface area contributed by atoms with E-state index in [2.05, 4.69) is 15.7 Å². The maximum atomic E-state index is 12.6. The molecular formula is C19H29N5O2. The van der Waals surface area contributed by atoms with E-state index in [0.29, 0.717) is 31.5 Å². The highest BCUT2D eigenvalue weighted by atomic mass is 16.2. The largest absolute Gasteiger partial charge is 0.353 e. The molecule has 2 saturated carbocycles. The molecule has 1 aromatic rings. The van der Waals surface area contributed by atoms with Gasteiger partial charge in [0.2, 0.25) is 5.91 Å². The summed E-state index contributed by atoms with van der Waals surface area (Å²) in [5.74, 6) is 0.110. The Morgan fingerprint density at radius 1 is 1.12 bits per heavy atom. The summed E-state index contributed by atoms with van der Waals surface area (Å²) in [6, 6.07) is 0.780. The minimum Gasteiger partial charge on any atom is -0.353 e. The molecule has 0 radical (unpaired) electrons. The first-order valence-electron chi connectivity index (χ1n) is 9.98. The maximum absolute atomic E-state index is 12.6. The van der Waals surface area contributed by atoms with Crippen LogP contribution in [0.4, 0.5) is 4.79 Å². The fourth-order valence-corrected chi connectivity index (χ4v) is 4.14. The third kappa shape index (κ3) is 3.86. The standard InChI is InChI=1S/C19H29N5O2/c1-23-17-10-11-24(19(26)21-13-4-2-3-5-13)12-15(17)16(22-23)8-9-18(25)20-14-6-7-14/h13-14H,2-12H2,1H3,(H,20,25)(H,21,26). The molecule has 2 aliphatic carbocycles. The SMILES string of the molecule is Cn1nc(CCC(=O)NC2CC2)c2c1CCN(C(=O)NC1CCCC1)C2. The van der Waals surface area contributed by atoms with Crippen LogP contribution >= 0.6 is 0 Å². The number of hydrogen-bond acceptors (Lipinski definition) is 3. The van der Waals surface area contributed by atoms with Gasteiger partial charge in [-0.2, -0.15) is 5.10 Å². The number of urea groups is 1. The fraction of sp³-hybridized carbons (Fsp3) is 0.737. The van der Waals surface area contributed by atoms with E-state index in [1.807, 2.05) is 16.6 Å². The Labute approximate surface area is 154 Å². The molecule has 0 bridgehead atoms. The van der Waals surface area contributed by atoms with Crippen molar-refractivity contribution < 1.29 is 9.59 Å². The summed E-state index contributed by atoms with van der Waals surface area (Å²) in [6.45, 7) is 1.33. The van der Waals surface area contributed by atoms with Gasteiger partial charge in [-0.05, 0) is 25.7 Å². The van der Waals surface area contributed by atoms with Crippen molar-refractivity contribution in [2.75, 3.05) is 6.54 Å². The lowest BCUT2D eigenvalue weighted by Gasteiger charge is -2.29. The quantitative estimate of drug-likeness (QED) is 0.839. The Morgan fingerprint density at radius 2 is 1.85 bits per heavy atom. The van der Waals surface area contributed by atoms with Crippen LogP contribution in [0.3, 0.4) is 0 Å². The molecule has 7 nitrogen and oxygen atoms in total. The molecule has 7 heteroatoms. The van der Waals surface area contributed by atoms with Crippen molar-refractivity contribution in [3.05, 3.63) is 17.0 Å². The first-order valence-corrected chi connectivity index (χ1v) is 9.98. The summed E-state index contributed by atoms with van der Waals surface area (Å²) in [4.78, 5) is 26.5. The van der Waals surface area contributed by atoms with Gasteiger partial charge in [0.25, 0.3) is 0 Å². The van der Waals surface area contributed by atoms with Gasteiger partial charge >= 0.3 is 6.03 Å². The van der Waals surface area contributed by atoms with Gasteiger partial charge in [-0.1, -0.05) is 12.8 Å². The molecule has 3 amide bonds. The lowest BCUT2D eigenvalue weighted by atomic mass is 10.0. The number of carbonyl (C=O) groups is 2. The van der Waals surface area contributed by atoms with Crippen LogP contribution in [-0.4, -0.2) is 45.2 Å². The smallest absolute Gasteiger partial charge is 0.317 e. The topological polar surface area (TPSA) is 79.3 Å². The summed E-state index contributed by atoms with van der Waals surface area (Å²) in [5, 5.41) is 10.8. The first kappa shape index (κ1) is 17.4. The maximum Gasteiger partial charge on any atom is 0.317 e. The van der Waals surface area contributed by atoms with E-state index in [1.54, 1.807) is 0 Å². The van der Waals surface area contributed by atoms with Crippen molar-refractivity contribution in [2.24, 2.45) is 7.05 Å². The third-order valence-electron chi connectivity index (χ3n) is 5.83. The van der Waals surface area contributed by atoms with Crippen LogP contribution < -0.4 is 10.6 Å². The normalized spacial score (nSPS) is 20.1. The van der Waals surface area contributed by atoms with Gasteiger partial charge in [-0.3, -0.25) is 9.48 Å². The number of amides is 3. The van der Waals surface area contributed by atoms with Gasteiger partial charge in [-0.25, -0.2) is 4.79 Å². The summed E-state index contributed by atoms with van der Waals surface area (Å²) in [7, 11) is 1.96. The third-order valence-corrected chi connectivity index (χ3v) is 5.83. The second-order valence-electron chi connectivity index (χ2n) is 7.94. The van der Waals surface area contributed by atoms with Gasteiger partial charge < -0.3 is 15.5 Å². The van der Waals surface area contributed by atoms with Crippen LogP contribution in [0, 0.1) is 0 Å². The van der Waals surface area contributed by atoms with Gasteiger partial charge in [0.15, 0.2) is 0 Å². The predicted molar refractivity (Wildman–Crippen MR) is 97.6 cm³/mol. The molecule has 0 atom stereocenters. The van der Waals surface area contributed by atoms with Gasteiger partial charge in [-0.15, -0.1) is 0 Å². The van der Waals surface area contributed by atoms with E-state index in [-0.39, 0.29) is 11.9 Å². The molecule has 0 spiro atoms. The van der Waals surface area contributed by atoms with Crippen LogP contribution in [0.25, 0.3) is 0 Å². The van der Waals surface area contributed by atoms with E-state index in [1.165, 1.54) is 18.5 Å². The number of nitrogens with one attached hydrogen (secondary N) is 2. The second-order valence-corrected chi connectivity index (χ2v) is 7.94. The van der Waals surface area contributed by atoms with Crippen molar-refractivity contribution in [2.45, 2.75) is 76.4 Å². The molecule has 2 N–H and O–H groups in total. The molecule has 2 heterocycles. The predicted octanol–water partition coefficient (Wildman–Crippen LogP) is 1.64.